The first-order chi connectivity index (χ1) is 15.9. The standard InChI is InChI=1S/C20H32N2O9.CH4O/c21-4-7-29-9-10-30-8-5-22-20(28)15-11-14(13-23)1-2-18(15)31-6-3-16(24)17(25)12-19(26)27;1-2/h1-2,11,16-17,23-25H,3-10,12-13,21H2,(H,22,28)(H,26,27);2H,1H3/t16?,17-;/m0./s1. The van der Waals surface area contributed by atoms with Gasteiger partial charge < -0.3 is 50.8 Å². The highest BCUT2D eigenvalue weighted by atomic mass is 16.5. The van der Waals surface area contributed by atoms with Gasteiger partial charge in [-0.3, -0.25) is 9.59 Å². The highest BCUT2D eigenvalue weighted by molar-refractivity contribution is 5.97. The van der Waals surface area contributed by atoms with Gasteiger partial charge >= 0.3 is 5.97 Å². The molecule has 0 saturated carbocycles. The number of aliphatic hydroxyl groups excluding tert-OH is 4. The highest BCUT2D eigenvalue weighted by Crippen LogP contribution is 2.21. The Kier molecular flexibility index (Phi) is 17.8. The van der Waals surface area contributed by atoms with E-state index in [-0.39, 0.29) is 44.1 Å². The normalized spacial score (nSPS) is 12.3. The largest absolute Gasteiger partial charge is 0.493 e. The Morgan fingerprint density at radius 2 is 1.70 bits per heavy atom. The van der Waals surface area contributed by atoms with E-state index < -0.39 is 30.5 Å². The van der Waals surface area contributed by atoms with Crippen LogP contribution in [-0.2, 0) is 20.9 Å². The molecule has 1 amide bonds. The Balaban J connectivity index is 0.00000497. The molecule has 0 aromatic heterocycles. The van der Waals surface area contributed by atoms with E-state index in [0.29, 0.717) is 31.9 Å². The minimum atomic E-state index is -1.42. The molecule has 1 unspecified atom stereocenters. The number of benzene rings is 1. The molecule has 12 nitrogen and oxygen atoms in total. The fourth-order valence-corrected chi connectivity index (χ4v) is 2.51. The van der Waals surface area contributed by atoms with Crippen LogP contribution in [0.2, 0.25) is 0 Å². The van der Waals surface area contributed by atoms with Gasteiger partial charge in [-0.1, -0.05) is 6.07 Å². The van der Waals surface area contributed by atoms with Crippen LogP contribution >= 0.6 is 0 Å². The number of carboxylic acids is 1. The number of hydrogen-bond acceptors (Lipinski definition) is 10. The summed E-state index contributed by atoms with van der Waals surface area (Å²) < 4.78 is 16.1. The van der Waals surface area contributed by atoms with Crippen LogP contribution in [0.25, 0.3) is 0 Å². The van der Waals surface area contributed by atoms with Gasteiger partial charge in [-0.2, -0.15) is 0 Å². The minimum absolute atomic E-state index is 0.0304. The zero-order chi connectivity index (χ0) is 25.1. The van der Waals surface area contributed by atoms with Crippen LogP contribution in [0.3, 0.4) is 0 Å². The maximum atomic E-state index is 12.5. The van der Waals surface area contributed by atoms with Gasteiger partial charge in [-0.25, -0.2) is 0 Å². The van der Waals surface area contributed by atoms with E-state index in [9.17, 15) is 24.9 Å². The summed E-state index contributed by atoms with van der Waals surface area (Å²) in [5, 5.41) is 47.1. The number of nitrogens with two attached hydrogens (primary N) is 1. The molecule has 1 aromatic rings. The summed E-state index contributed by atoms with van der Waals surface area (Å²) in [5.74, 6) is -1.43. The number of hydrogen-bond donors (Lipinski definition) is 7. The SMILES string of the molecule is CO.NCCOCCOCCNC(=O)c1cc(CO)ccc1OCCC(O)[C@@H](O)CC(=O)O. The molecular formula is C21H36N2O10. The van der Waals surface area contributed by atoms with E-state index in [2.05, 4.69) is 5.32 Å². The third kappa shape index (κ3) is 13.7. The lowest BCUT2D eigenvalue weighted by Gasteiger charge is -2.17. The summed E-state index contributed by atoms with van der Waals surface area (Å²) in [5.41, 5.74) is 6.01. The Hall–Kier alpha value is -2.32. The van der Waals surface area contributed by atoms with Crippen molar-refractivity contribution < 1.29 is 49.3 Å². The van der Waals surface area contributed by atoms with Crippen molar-refractivity contribution >= 4 is 11.9 Å². The molecule has 1 aromatic carbocycles. The molecule has 8 N–H and O–H groups in total. The molecule has 0 saturated heterocycles. The predicted octanol–water partition coefficient (Wildman–Crippen LogP) is -1.53. The van der Waals surface area contributed by atoms with Gasteiger partial charge in [0.05, 0.1) is 63.8 Å². The first-order valence-corrected chi connectivity index (χ1v) is 10.4. The Bertz CT molecular complexity index is 674. The van der Waals surface area contributed by atoms with Crippen molar-refractivity contribution in [1.29, 1.82) is 0 Å². The second-order valence-corrected chi connectivity index (χ2v) is 6.63. The van der Waals surface area contributed by atoms with E-state index in [1.165, 1.54) is 12.1 Å². The lowest BCUT2D eigenvalue weighted by molar-refractivity contribution is -0.141. The summed E-state index contributed by atoms with van der Waals surface area (Å²) in [6.07, 6.45) is -3.31. The van der Waals surface area contributed by atoms with Crippen molar-refractivity contribution in [3.63, 3.8) is 0 Å². The number of carboxylic acid groups (broad SMARTS) is 1. The second-order valence-electron chi connectivity index (χ2n) is 6.63. The lowest BCUT2D eigenvalue weighted by Crippen LogP contribution is -2.30. The zero-order valence-electron chi connectivity index (χ0n) is 18.8. The van der Waals surface area contributed by atoms with E-state index in [1.807, 2.05) is 0 Å². The lowest BCUT2D eigenvalue weighted by atomic mass is 10.1. The average molecular weight is 477 g/mol. The van der Waals surface area contributed by atoms with Crippen LogP contribution in [0.15, 0.2) is 18.2 Å². The summed E-state index contributed by atoms with van der Waals surface area (Å²) in [6.45, 7) is 1.90. The maximum absolute atomic E-state index is 12.5. The van der Waals surface area contributed by atoms with E-state index in [1.54, 1.807) is 6.07 Å². The molecule has 0 radical (unpaired) electrons. The smallest absolute Gasteiger partial charge is 0.306 e. The first-order valence-electron chi connectivity index (χ1n) is 10.4. The van der Waals surface area contributed by atoms with Crippen molar-refractivity contribution in [3.8, 4) is 5.75 Å². The number of carbonyl (C=O) groups excluding carboxylic acids is 1. The van der Waals surface area contributed by atoms with Crippen molar-refractivity contribution in [3.05, 3.63) is 29.3 Å². The molecule has 33 heavy (non-hydrogen) atoms. The number of ether oxygens (including phenoxy) is 3. The van der Waals surface area contributed by atoms with Crippen LogP contribution in [0.1, 0.15) is 28.8 Å². The summed E-state index contributed by atoms with van der Waals surface area (Å²) in [4.78, 5) is 23.1. The van der Waals surface area contributed by atoms with E-state index in [4.69, 9.17) is 30.2 Å². The van der Waals surface area contributed by atoms with Gasteiger partial charge in [-0.15, -0.1) is 0 Å². The number of aliphatic hydroxyl groups is 4. The number of rotatable bonds is 17. The monoisotopic (exact) mass is 476 g/mol. The molecule has 0 bridgehead atoms. The number of aliphatic carboxylic acids is 1. The summed E-state index contributed by atoms with van der Waals surface area (Å²) >= 11 is 0. The Morgan fingerprint density at radius 3 is 2.30 bits per heavy atom. The molecule has 0 fully saturated rings. The maximum Gasteiger partial charge on any atom is 0.306 e. The predicted molar refractivity (Wildman–Crippen MR) is 118 cm³/mol. The molecule has 0 aliphatic heterocycles. The molecule has 12 heteroatoms. The third-order valence-corrected chi connectivity index (χ3v) is 4.14. The fourth-order valence-electron chi connectivity index (χ4n) is 2.51. The quantitative estimate of drug-likeness (QED) is 0.129. The van der Waals surface area contributed by atoms with Crippen LogP contribution in [-0.4, -0.2) is 103 Å². The number of amides is 1. The van der Waals surface area contributed by atoms with Gasteiger partial charge in [-0.05, 0) is 17.7 Å². The highest BCUT2D eigenvalue weighted by Gasteiger charge is 2.20. The molecule has 0 aliphatic carbocycles. The Morgan fingerprint density at radius 1 is 1.03 bits per heavy atom. The summed E-state index contributed by atoms with van der Waals surface area (Å²) in [6, 6.07) is 4.60. The van der Waals surface area contributed by atoms with Gasteiger partial charge in [0.1, 0.15) is 5.75 Å². The minimum Gasteiger partial charge on any atom is -0.493 e. The zero-order valence-corrected chi connectivity index (χ0v) is 18.8. The molecule has 1 rings (SSSR count). The van der Waals surface area contributed by atoms with Crippen molar-refractivity contribution in [2.24, 2.45) is 5.73 Å². The van der Waals surface area contributed by atoms with E-state index >= 15 is 0 Å². The van der Waals surface area contributed by atoms with Crippen LogP contribution in [0.5, 0.6) is 5.75 Å². The van der Waals surface area contributed by atoms with Crippen molar-refractivity contribution in [1.82, 2.24) is 5.32 Å². The van der Waals surface area contributed by atoms with Crippen LogP contribution < -0.4 is 15.8 Å². The molecule has 190 valence electrons. The van der Waals surface area contributed by atoms with Gasteiger partial charge in [0.2, 0.25) is 0 Å². The van der Waals surface area contributed by atoms with Gasteiger partial charge in [0.15, 0.2) is 0 Å². The molecule has 0 heterocycles. The molecule has 0 spiro atoms. The molecular weight excluding hydrogens is 440 g/mol. The van der Waals surface area contributed by atoms with Crippen LogP contribution in [0.4, 0.5) is 0 Å². The number of nitrogens with one attached hydrogen (secondary N) is 1. The van der Waals surface area contributed by atoms with E-state index in [0.717, 1.165) is 7.11 Å². The van der Waals surface area contributed by atoms with Crippen molar-refractivity contribution in [2.75, 3.05) is 53.2 Å². The first kappa shape index (κ1) is 30.7. The van der Waals surface area contributed by atoms with Crippen molar-refractivity contribution in [2.45, 2.75) is 31.7 Å². The fraction of sp³-hybridized carbons (Fsp3) is 0.619. The van der Waals surface area contributed by atoms with Crippen LogP contribution in [0, 0.1) is 0 Å². The summed E-state index contributed by atoms with van der Waals surface area (Å²) in [7, 11) is 1.00. The Labute approximate surface area is 192 Å². The average Bonchev–Trinajstić information content (AvgIpc) is 2.81. The second kappa shape index (κ2) is 19.2. The third-order valence-electron chi connectivity index (χ3n) is 4.14. The van der Waals surface area contributed by atoms with Gasteiger partial charge in [0.25, 0.3) is 5.91 Å². The number of carbonyl (C=O) groups is 2. The topological polar surface area (TPSA) is 201 Å². The molecule has 2 atom stereocenters. The molecule has 0 aliphatic rings. The van der Waals surface area contributed by atoms with Gasteiger partial charge in [0, 0.05) is 26.6 Å².